The number of methoxy groups -OCH3 is 2. The fraction of sp³-hybridized carbons (Fsp3) is 0.625. The standard InChI is InChI=1S/C16H25NO2/c1-11(2)7-12-8-15(18-3)16(19-4)9-13(12)10-17-14-5-6-14/h8-9,11,14,17H,5-7,10H2,1-4H3. The van der Waals surface area contributed by atoms with Crippen molar-refractivity contribution in [2.45, 2.75) is 45.7 Å². The fourth-order valence-corrected chi connectivity index (χ4v) is 2.30. The molecule has 0 unspecified atom stereocenters. The number of ether oxygens (including phenoxy) is 2. The maximum absolute atomic E-state index is 5.41. The zero-order valence-corrected chi connectivity index (χ0v) is 12.5. The summed E-state index contributed by atoms with van der Waals surface area (Å²) in [7, 11) is 3.39. The van der Waals surface area contributed by atoms with Crippen LogP contribution in [-0.4, -0.2) is 20.3 Å². The van der Waals surface area contributed by atoms with Gasteiger partial charge in [-0.15, -0.1) is 0 Å². The molecule has 1 aromatic rings. The Morgan fingerprint density at radius 1 is 1.11 bits per heavy atom. The van der Waals surface area contributed by atoms with Gasteiger partial charge in [-0.2, -0.15) is 0 Å². The molecule has 106 valence electrons. The Kier molecular flexibility index (Phi) is 4.70. The van der Waals surface area contributed by atoms with E-state index in [1.165, 1.54) is 24.0 Å². The van der Waals surface area contributed by atoms with Crippen molar-refractivity contribution in [3.8, 4) is 11.5 Å². The van der Waals surface area contributed by atoms with Gasteiger partial charge in [0, 0.05) is 12.6 Å². The molecule has 0 heterocycles. The highest BCUT2D eigenvalue weighted by Crippen LogP contribution is 2.32. The van der Waals surface area contributed by atoms with Crippen LogP contribution in [0.1, 0.15) is 37.8 Å². The molecule has 1 N–H and O–H groups in total. The molecular formula is C16H25NO2. The van der Waals surface area contributed by atoms with E-state index in [1.807, 2.05) is 0 Å². The van der Waals surface area contributed by atoms with E-state index in [0.717, 1.165) is 30.5 Å². The first-order chi connectivity index (χ1) is 9.13. The Labute approximate surface area is 116 Å². The normalized spacial score (nSPS) is 14.8. The number of benzene rings is 1. The van der Waals surface area contributed by atoms with E-state index >= 15 is 0 Å². The average molecular weight is 263 g/mol. The lowest BCUT2D eigenvalue weighted by molar-refractivity contribution is 0.353. The molecular weight excluding hydrogens is 238 g/mol. The number of hydrogen-bond donors (Lipinski definition) is 1. The predicted molar refractivity (Wildman–Crippen MR) is 77.9 cm³/mol. The SMILES string of the molecule is COc1cc(CNC2CC2)c(CC(C)C)cc1OC. The molecule has 3 heteroatoms. The monoisotopic (exact) mass is 263 g/mol. The van der Waals surface area contributed by atoms with Gasteiger partial charge >= 0.3 is 0 Å². The third kappa shape index (κ3) is 3.87. The van der Waals surface area contributed by atoms with Crippen molar-refractivity contribution >= 4 is 0 Å². The van der Waals surface area contributed by atoms with Gasteiger partial charge in [-0.1, -0.05) is 13.8 Å². The van der Waals surface area contributed by atoms with Gasteiger partial charge in [0.1, 0.15) is 0 Å². The van der Waals surface area contributed by atoms with Gasteiger partial charge in [0.2, 0.25) is 0 Å². The Morgan fingerprint density at radius 3 is 2.16 bits per heavy atom. The molecule has 1 aliphatic rings. The van der Waals surface area contributed by atoms with Crippen LogP contribution in [0, 0.1) is 5.92 Å². The van der Waals surface area contributed by atoms with Gasteiger partial charge in [-0.3, -0.25) is 0 Å². The van der Waals surface area contributed by atoms with Gasteiger partial charge in [0.25, 0.3) is 0 Å². The number of nitrogens with one attached hydrogen (secondary N) is 1. The summed E-state index contributed by atoms with van der Waals surface area (Å²) in [5.74, 6) is 2.29. The summed E-state index contributed by atoms with van der Waals surface area (Å²) < 4.78 is 10.8. The van der Waals surface area contributed by atoms with Gasteiger partial charge in [-0.25, -0.2) is 0 Å². The molecule has 3 nitrogen and oxygen atoms in total. The fourth-order valence-electron chi connectivity index (χ4n) is 2.30. The van der Waals surface area contributed by atoms with Crippen LogP contribution in [0.25, 0.3) is 0 Å². The van der Waals surface area contributed by atoms with Crippen molar-refractivity contribution < 1.29 is 9.47 Å². The van der Waals surface area contributed by atoms with Crippen LogP contribution in [0.3, 0.4) is 0 Å². The summed E-state index contributed by atoms with van der Waals surface area (Å²) in [5.41, 5.74) is 2.69. The molecule has 0 spiro atoms. The minimum atomic E-state index is 0.637. The lowest BCUT2D eigenvalue weighted by Gasteiger charge is -2.16. The first-order valence-electron chi connectivity index (χ1n) is 7.11. The van der Waals surface area contributed by atoms with Crippen LogP contribution in [0.5, 0.6) is 11.5 Å². The van der Waals surface area contributed by atoms with Gasteiger partial charge in [0.05, 0.1) is 14.2 Å². The first-order valence-corrected chi connectivity index (χ1v) is 7.11. The van der Waals surface area contributed by atoms with Crippen LogP contribution in [0.4, 0.5) is 0 Å². The van der Waals surface area contributed by atoms with E-state index in [9.17, 15) is 0 Å². The van der Waals surface area contributed by atoms with Crippen LogP contribution in [-0.2, 0) is 13.0 Å². The van der Waals surface area contributed by atoms with Crippen LogP contribution < -0.4 is 14.8 Å². The lowest BCUT2D eigenvalue weighted by Crippen LogP contribution is -2.17. The molecule has 19 heavy (non-hydrogen) atoms. The van der Waals surface area contributed by atoms with Crippen molar-refractivity contribution in [2.24, 2.45) is 5.92 Å². The van der Waals surface area contributed by atoms with Crippen molar-refractivity contribution in [1.29, 1.82) is 0 Å². The molecule has 1 aromatic carbocycles. The quantitative estimate of drug-likeness (QED) is 0.819. The Bertz CT molecular complexity index is 425. The zero-order valence-electron chi connectivity index (χ0n) is 12.5. The second-order valence-corrected chi connectivity index (χ2v) is 5.73. The third-order valence-electron chi connectivity index (χ3n) is 3.49. The molecule has 0 bridgehead atoms. The predicted octanol–water partition coefficient (Wildman–Crippen LogP) is 3.15. The summed E-state index contributed by atoms with van der Waals surface area (Å²) in [6, 6.07) is 4.97. The molecule has 0 radical (unpaired) electrons. The maximum Gasteiger partial charge on any atom is 0.161 e. The van der Waals surface area contributed by atoms with Gasteiger partial charge in [-0.05, 0) is 48.4 Å². The topological polar surface area (TPSA) is 30.5 Å². The van der Waals surface area contributed by atoms with Crippen molar-refractivity contribution in [3.05, 3.63) is 23.3 Å². The summed E-state index contributed by atoms with van der Waals surface area (Å²) in [6.07, 6.45) is 3.70. The van der Waals surface area contributed by atoms with E-state index < -0.39 is 0 Å². The molecule has 0 aromatic heterocycles. The van der Waals surface area contributed by atoms with E-state index in [1.54, 1.807) is 14.2 Å². The molecule has 1 aliphatic carbocycles. The molecule has 0 saturated heterocycles. The molecule has 1 saturated carbocycles. The highest BCUT2D eigenvalue weighted by molar-refractivity contribution is 5.47. The van der Waals surface area contributed by atoms with E-state index in [-0.39, 0.29) is 0 Å². The second-order valence-electron chi connectivity index (χ2n) is 5.73. The van der Waals surface area contributed by atoms with Crippen molar-refractivity contribution in [3.63, 3.8) is 0 Å². The molecule has 0 aliphatic heterocycles. The van der Waals surface area contributed by atoms with Crippen molar-refractivity contribution in [2.75, 3.05) is 14.2 Å². The van der Waals surface area contributed by atoms with Crippen LogP contribution in [0.15, 0.2) is 12.1 Å². The minimum Gasteiger partial charge on any atom is -0.493 e. The van der Waals surface area contributed by atoms with E-state index in [4.69, 9.17) is 9.47 Å². The van der Waals surface area contributed by atoms with E-state index in [0.29, 0.717) is 5.92 Å². The first kappa shape index (κ1) is 14.2. The minimum absolute atomic E-state index is 0.637. The summed E-state index contributed by atoms with van der Waals surface area (Å²) >= 11 is 0. The second kappa shape index (κ2) is 6.29. The summed E-state index contributed by atoms with van der Waals surface area (Å²) in [6.45, 7) is 5.41. The van der Waals surface area contributed by atoms with Crippen LogP contribution in [0.2, 0.25) is 0 Å². The Balaban J connectivity index is 2.23. The Morgan fingerprint density at radius 2 is 1.68 bits per heavy atom. The summed E-state index contributed by atoms with van der Waals surface area (Å²) in [5, 5.41) is 3.58. The molecule has 1 fully saturated rings. The lowest BCUT2D eigenvalue weighted by atomic mass is 9.97. The summed E-state index contributed by atoms with van der Waals surface area (Å²) in [4.78, 5) is 0. The van der Waals surface area contributed by atoms with Crippen LogP contribution >= 0.6 is 0 Å². The zero-order chi connectivity index (χ0) is 13.8. The third-order valence-corrected chi connectivity index (χ3v) is 3.49. The molecule has 0 atom stereocenters. The molecule has 0 amide bonds. The van der Waals surface area contributed by atoms with Gasteiger partial charge in [0.15, 0.2) is 11.5 Å². The Hall–Kier alpha value is -1.22. The number of hydrogen-bond acceptors (Lipinski definition) is 3. The van der Waals surface area contributed by atoms with Gasteiger partial charge < -0.3 is 14.8 Å². The maximum atomic E-state index is 5.41. The smallest absolute Gasteiger partial charge is 0.161 e. The van der Waals surface area contributed by atoms with E-state index in [2.05, 4.69) is 31.3 Å². The highest BCUT2D eigenvalue weighted by atomic mass is 16.5. The number of rotatable bonds is 7. The largest absolute Gasteiger partial charge is 0.493 e. The average Bonchev–Trinajstić information content (AvgIpc) is 3.20. The van der Waals surface area contributed by atoms with Crippen molar-refractivity contribution in [1.82, 2.24) is 5.32 Å². The molecule has 2 rings (SSSR count). The highest BCUT2D eigenvalue weighted by Gasteiger charge is 2.21.